The molecule has 0 atom stereocenters. The van der Waals surface area contributed by atoms with Gasteiger partial charge < -0.3 is 11.1 Å². The smallest absolute Gasteiger partial charge is 0.137 e. The summed E-state index contributed by atoms with van der Waals surface area (Å²) in [5, 5.41) is 4.73. The third-order valence-electron chi connectivity index (χ3n) is 5.64. The van der Waals surface area contributed by atoms with Gasteiger partial charge in [-0.2, -0.15) is 0 Å². The minimum Gasteiger partial charge on any atom is -0.387 e. The molecule has 1 aromatic heterocycles. The second-order valence-electron chi connectivity index (χ2n) is 7.56. The van der Waals surface area contributed by atoms with E-state index in [-0.39, 0.29) is 0 Å². The van der Waals surface area contributed by atoms with Crippen LogP contribution in [0.25, 0.3) is 22.0 Å². The average molecular weight is 357 g/mol. The summed E-state index contributed by atoms with van der Waals surface area (Å²) in [4.78, 5) is 13.4. The van der Waals surface area contributed by atoms with Gasteiger partial charge in [0.1, 0.15) is 18.0 Å². The van der Waals surface area contributed by atoms with E-state index in [2.05, 4.69) is 56.7 Å². The monoisotopic (exact) mass is 357 g/mol. The van der Waals surface area contributed by atoms with Crippen molar-refractivity contribution in [3.05, 3.63) is 48.3 Å². The maximum absolute atomic E-state index is 5.88. The third-order valence-corrected chi connectivity index (χ3v) is 5.64. The van der Waals surface area contributed by atoms with Gasteiger partial charge in [-0.25, -0.2) is 15.0 Å². The van der Waals surface area contributed by atoms with Crippen molar-refractivity contribution in [1.29, 1.82) is 0 Å². The summed E-state index contributed by atoms with van der Waals surface area (Å²) in [6, 6.07) is 13.3. The van der Waals surface area contributed by atoms with Gasteiger partial charge in [0.2, 0.25) is 0 Å². The van der Waals surface area contributed by atoms with E-state index in [0.29, 0.717) is 11.9 Å². The van der Waals surface area contributed by atoms with Crippen LogP contribution in [0.15, 0.2) is 47.7 Å². The molecular formula is C22H23N5. The largest absolute Gasteiger partial charge is 0.387 e. The molecule has 5 rings (SSSR count). The molecule has 0 saturated heterocycles. The molecule has 0 amide bonds. The maximum atomic E-state index is 5.88. The number of nitrogens with zero attached hydrogens (tertiary/aromatic N) is 3. The fourth-order valence-electron chi connectivity index (χ4n) is 4.18. The van der Waals surface area contributed by atoms with Crippen molar-refractivity contribution in [3.8, 4) is 11.1 Å². The van der Waals surface area contributed by atoms with Crippen molar-refractivity contribution >= 4 is 28.2 Å². The predicted octanol–water partition coefficient (Wildman–Crippen LogP) is 4.59. The number of fused-ring (bicyclic) bond motifs is 2. The standard InChI is InChI=1S/C22H23N5/c23-21-12-16-7-6-15(11-20(16)27-21)14-8-9-19-18(10-14)22(25-13-24-19)26-17-4-2-1-3-5-17/h6-11,13,17H,1-5,12H2,(H2,23,27)(H,24,25,26). The summed E-state index contributed by atoms with van der Waals surface area (Å²) >= 11 is 0. The molecule has 2 heterocycles. The number of aromatic nitrogens is 2. The number of hydrogen-bond acceptors (Lipinski definition) is 5. The van der Waals surface area contributed by atoms with Crippen molar-refractivity contribution in [2.75, 3.05) is 5.32 Å². The molecule has 2 aliphatic rings. The van der Waals surface area contributed by atoms with Crippen LogP contribution in [0.3, 0.4) is 0 Å². The van der Waals surface area contributed by atoms with Gasteiger partial charge in [0, 0.05) is 17.8 Å². The molecule has 27 heavy (non-hydrogen) atoms. The highest BCUT2D eigenvalue weighted by Crippen LogP contribution is 2.33. The van der Waals surface area contributed by atoms with Crippen molar-refractivity contribution in [1.82, 2.24) is 9.97 Å². The van der Waals surface area contributed by atoms with Crippen molar-refractivity contribution < 1.29 is 0 Å². The van der Waals surface area contributed by atoms with Crippen LogP contribution in [0.5, 0.6) is 0 Å². The first-order valence-corrected chi connectivity index (χ1v) is 9.74. The number of amidine groups is 1. The zero-order valence-electron chi connectivity index (χ0n) is 15.3. The Balaban J connectivity index is 1.53. The number of aliphatic imine (C=N–C) groups is 1. The van der Waals surface area contributed by atoms with Crippen LogP contribution in [0, 0.1) is 0 Å². The second kappa shape index (κ2) is 6.65. The number of nitrogens with one attached hydrogen (secondary N) is 1. The first-order chi connectivity index (χ1) is 13.3. The van der Waals surface area contributed by atoms with Crippen LogP contribution in [-0.2, 0) is 6.42 Å². The van der Waals surface area contributed by atoms with Crippen molar-refractivity contribution in [2.45, 2.75) is 44.6 Å². The van der Waals surface area contributed by atoms with Crippen molar-refractivity contribution in [2.24, 2.45) is 10.7 Å². The van der Waals surface area contributed by atoms with E-state index in [4.69, 9.17) is 5.73 Å². The fraction of sp³-hybridized carbons (Fsp3) is 0.318. The molecule has 2 aromatic carbocycles. The average Bonchev–Trinajstić information content (AvgIpc) is 3.08. The van der Waals surface area contributed by atoms with Crippen LogP contribution in [0.4, 0.5) is 11.5 Å². The van der Waals surface area contributed by atoms with Gasteiger partial charge in [-0.1, -0.05) is 37.5 Å². The predicted molar refractivity (Wildman–Crippen MR) is 110 cm³/mol. The van der Waals surface area contributed by atoms with Crippen LogP contribution in [0.1, 0.15) is 37.7 Å². The Bertz CT molecular complexity index is 1030. The lowest BCUT2D eigenvalue weighted by Crippen LogP contribution is -2.23. The lowest BCUT2D eigenvalue weighted by molar-refractivity contribution is 0.462. The summed E-state index contributed by atoms with van der Waals surface area (Å²) < 4.78 is 0. The van der Waals surface area contributed by atoms with E-state index in [0.717, 1.165) is 40.0 Å². The minimum atomic E-state index is 0.512. The summed E-state index contributed by atoms with van der Waals surface area (Å²) in [6.45, 7) is 0. The van der Waals surface area contributed by atoms with E-state index >= 15 is 0 Å². The maximum Gasteiger partial charge on any atom is 0.137 e. The van der Waals surface area contributed by atoms with E-state index in [1.54, 1.807) is 6.33 Å². The van der Waals surface area contributed by atoms with Gasteiger partial charge in [-0.3, -0.25) is 0 Å². The normalized spacial score (nSPS) is 17.0. The Kier molecular flexibility index (Phi) is 4.00. The van der Waals surface area contributed by atoms with Gasteiger partial charge in [0.05, 0.1) is 11.2 Å². The molecule has 0 spiro atoms. The third kappa shape index (κ3) is 3.14. The Hall–Kier alpha value is -2.95. The molecular weight excluding hydrogens is 334 g/mol. The molecule has 1 aliphatic carbocycles. The first kappa shape index (κ1) is 16.2. The van der Waals surface area contributed by atoms with E-state index in [9.17, 15) is 0 Å². The summed E-state index contributed by atoms with van der Waals surface area (Å²) in [6.07, 6.45) is 8.77. The highest BCUT2D eigenvalue weighted by atomic mass is 15.0. The number of rotatable bonds is 3. The molecule has 3 aromatic rings. The fourth-order valence-corrected chi connectivity index (χ4v) is 4.18. The minimum absolute atomic E-state index is 0.512. The number of nitrogens with two attached hydrogens (primary N) is 1. The Morgan fingerprint density at radius 2 is 1.74 bits per heavy atom. The zero-order valence-corrected chi connectivity index (χ0v) is 15.3. The zero-order chi connectivity index (χ0) is 18.2. The Morgan fingerprint density at radius 3 is 2.63 bits per heavy atom. The molecule has 5 heteroatoms. The quantitative estimate of drug-likeness (QED) is 0.719. The second-order valence-corrected chi connectivity index (χ2v) is 7.56. The van der Waals surface area contributed by atoms with Crippen LogP contribution in [-0.4, -0.2) is 21.8 Å². The first-order valence-electron chi connectivity index (χ1n) is 9.74. The SMILES string of the molecule is NC1=Nc2cc(-c3ccc4ncnc(NC5CCCCC5)c4c3)ccc2C1. The van der Waals surface area contributed by atoms with E-state index in [1.807, 2.05) is 0 Å². The molecule has 1 fully saturated rings. The molecule has 1 aliphatic heterocycles. The van der Waals surface area contributed by atoms with Gasteiger partial charge in [-0.15, -0.1) is 0 Å². The number of hydrogen-bond donors (Lipinski definition) is 2. The van der Waals surface area contributed by atoms with Crippen molar-refractivity contribution in [3.63, 3.8) is 0 Å². The summed E-state index contributed by atoms with van der Waals surface area (Å²) in [5.74, 6) is 1.63. The highest BCUT2D eigenvalue weighted by molar-refractivity contribution is 5.94. The topological polar surface area (TPSA) is 76.2 Å². The van der Waals surface area contributed by atoms with E-state index in [1.165, 1.54) is 37.7 Å². The number of benzene rings is 2. The summed E-state index contributed by atoms with van der Waals surface area (Å²) in [5.41, 5.74) is 11.3. The van der Waals surface area contributed by atoms with Crippen LogP contribution < -0.4 is 11.1 Å². The van der Waals surface area contributed by atoms with Gasteiger partial charge in [-0.05, 0) is 47.7 Å². The van der Waals surface area contributed by atoms with Gasteiger partial charge >= 0.3 is 0 Å². The molecule has 136 valence electrons. The summed E-state index contributed by atoms with van der Waals surface area (Å²) in [7, 11) is 0. The van der Waals surface area contributed by atoms with Crippen LogP contribution in [0.2, 0.25) is 0 Å². The molecule has 1 saturated carbocycles. The highest BCUT2D eigenvalue weighted by Gasteiger charge is 2.16. The lowest BCUT2D eigenvalue weighted by atomic mass is 9.95. The molecule has 0 unspecified atom stereocenters. The van der Waals surface area contributed by atoms with Crippen LogP contribution >= 0.6 is 0 Å². The Morgan fingerprint density at radius 1 is 0.926 bits per heavy atom. The Labute approximate surface area is 158 Å². The van der Waals surface area contributed by atoms with Gasteiger partial charge in [0.15, 0.2) is 0 Å². The number of anilines is 1. The van der Waals surface area contributed by atoms with Gasteiger partial charge in [0.25, 0.3) is 0 Å². The van der Waals surface area contributed by atoms with E-state index < -0.39 is 0 Å². The molecule has 0 bridgehead atoms. The molecule has 3 N–H and O–H groups in total. The molecule has 0 radical (unpaired) electrons. The molecule has 5 nitrogen and oxygen atoms in total. The lowest BCUT2D eigenvalue weighted by Gasteiger charge is -2.23.